The largest absolute Gasteiger partial charge is 0.312 e. The zero-order valence-corrected chi connectivity index (χ0v) is 14.8. The predicted octanol–water partition coefficient (Wildman–Crippen LogP) is 5.31. The third-order valence-corrected chi connectivity index (χ3v) is 7.82. The molecule has 5 rings (SSSR count). The first-order valence-corrected chi connectivity index (χ1v) is 9.46. The summed E-state index contributed by atoms with van der Waals surface area (Å²) in [5.41, 5.74) is 3.21. The van der Waals surface area contributed by atoms with Gasteiger partial charge in [0, 0.05) is 10.9 Å². The summed E-state index contributed by atoms with van der Waals surface area (Å²) in [6.07, 6.45) is 8.79. The standard InChI is InChI=1S/C19H29NS/c1-13-5-6-21-15(13)16(20-4)19-9-14-7-17(2,11-19)10-18(3,8-14)12-19/h5-6,14,16,20H,7-12H2,1-4H3. The molecule has 1 aromatic rings. The minimum atomic E-state index is 0.507. The maximum absolute atomic E-state index is 3.75. The van der Waals surface area contributed by atoms with Gasteiger partial charge in [0.2, 0.25) is 0 Å². The van der Waals surface area contributed by atoms with E-state index in [1.54, 1.807) is 4.88 Å². The maximum atomic E-state index is 3.75. The van der Waals surface area contributed by atoms with Crippen LogP contribution < -0.4 is 5.32 Å². The molecule has 0 saturated heterocycles. The van der Waals surface area contributed by atoms with Crippen LogP contribution in [0.3, 0.4) is 0 Å². The molecule has 116 valence electrons. The second-order valence-electron chi connectivity index (χ2n) is 9.18. The summed E-state index contributed by atoms with van der Waals surface area (Å²) >= 11 is 1.97. The normalized spacial score (nSPS) is 46.0. The van der Waals surface area contributed by atoms with E-state index in [4.69, 9.17) is 0 Å². The van der Waals surface area contributed by atoms with Gasteiger partial charge in [-0.05, 0) is 91.7 Å². The van der Waals surface area contributed by atoms with Crippen LogP contribution >= 0.6 is 11.3 Å². The Kier molecular flexibility index (Phi) is 2.96. The number of rotatable bonds is 3. The number of thiophene rings is 1. The van der Waals surface area contributed by atoms with E-state index >= 15 is 0 Å². The van der Waals surface area contributed by atoms with Crippen LogP contribution in [0.25, 0.3) is 0 Å². The molecule has 2 heteroatoms. The van der Waals surface area contributed by atoms with Crippen molar-refractivity contribution in [1.82, 2.24) is 5.32 Å². The van der Waals surface area contributed by atoms with Crippen LogP contribution in [0.5, 0.6) is 0 Å². The van der Waals surface area contributed by atoms with E-state index in [9.17, 15) is 0 Å². The van der Waals surface area contributed by atoms with E-state index in [0.29, 0.717) is 22.3 Å². The summed E-state index contributed by atoms with van der Waals surface area (Å²) in [5.74, 6) is 0.979. The van der Waals surface area contributed by atoms with Crippen molar-refractivity contribution < 1.29 is 0 Å². The van der Waals surface area contributed by atoms with E-state index in [0.717, 1.165) is 5.92 Å². The van der Waals surface area contributed by atoms with Gasteiger partial charge in [0.15, 0.2) is 0 Å². The Balaban J connectivity index is 1.78. The fourth-order valence-corrected chi connectivity index (χ4v) is 8.43. The smallest absolute Gasteiger partial charge is 0.0472 e. The first kappa shape index (κ1) is 14.3. The van der Waals surface area contributed by atoms with E-state index < -0.39 is 0 Å². The second-order valence-corrected chi connectivity index (χ2v) is 10.1. The Morgan fingerprint density at radius 2 is 1.81 bits per heavy atom. The van der Waals surface area contributed by atoms with Crippen LogP contribution in [0.4, 0.5) is 0 Å². The highest BCUT2D eigenvalue weighted by molar-refractivity contribution is 7.10. The van der Waals surface area contributed by atoms with Crippen molar-refractivity contribution in [2.45, 2.75) is 65.3 Å². The molecular weight excluding hydrogens is 274 g/mol. The molecule has 21 heavy (non-hydrogen) atoms. The lowest BCUT2D eigenvalue weighted by Gasteiger charge is -2.67. The Labute approximate surface area is 133 Å². The van der Waals surface area contributed by atoms with E-state index in [2.05, 4.69) is 44.6 Å². The lowest BCUT2D eigenvalue weighted by molar-refractivity contribution is -0.157. The topological polar surface area (TPSA) is 12.0 Å². The maximum Gasteiger partial charge on any atom is 0.0472 e. The Morgan fingerprint density at radius 1 is 1.14 bits per heavy atom. The van der Waals surface area contributed by atoms with E-state index in [1.807, 2.05) is 11.3 Å². The number of aryl methyl sites for hydroxylation is 1. The third kappa shape index (κ3) is 2.05. The minimum Gasteiger partial charge on any atom is -0.312 e. The zero-order valence-electron chi connectivity index (χ0n) is 14.0. The lowest BCUT2D eigenvalue weighted by atomic mass is 9.39. The van der Waals surface area contributed by atoms with Crippen molar-refractivity contribution >= 4 is 11.3 Å². The van der Waals surface area contributed by atoms with E-state index in [1.165, 1.54) is 44.1 Å². The molecule has 3 unspecified atom stereocenters. The lowest BCUT2D eigenvalue weighted by Crippen LogP contribution is -2.58. The van der Waals surface area contributed by atoms with Gasteiger partial charge in [0.05, 0.1) is 0 Å². The van der Waals surface area contributed by atoms with Crippen molar-refractivity contribution in [3.8, 4) is 0 Å². The van der Waals surface area contributed by atoms with Gasteiger partial charge in [-0.25, -0.2) is 0 Å². The molecule has 0 amide bonds. The molecule has 0 aliphatic heterocycles. The molecule has 3 atom stereocenters. The molecule has 4 fully saturated rings. The van der Waals surface area contributed by atoms with Crippen LogP contribution in [0, 0.1) is 29.1 Å². The molecule has 1 nitrogen and oxygen atoms in total. The second kappa shape index (κ2) is 4.35. The van der Waals surface area contributed by atoms with Gasteiger partial charge in [0.1, 0.15) is 0 Å². The van der Waals surface area contributed by atoms with Gasteiger partial charge in [0.25, 0.3) is 0 Å². The fraction of sp³-hybridized carbons (Fsp3) is 0.789. The molecule has 1 N–H and O–H groups in total. The van der Waals surface area contributed by atoms with Gasteiger partial charge in [-0.2, -0.15) is 0 Å². The van der Waals surface area contributed by atoms with Crippen LogP contribution in [-0.4, -0.2) is 7.05 Å². The highest BCUT2D eigenvalue weighted by Gasteiger charge is 2.62. The summed E-state index contributed by atoms with van der Waals surface area (Å²) in [5, 5.41) is 6.02. The van der Waals surface area contributed by atoms with Crippen LogP contribution in [0.15, 0.2) is 11.4 Å². The number of hydrogen-bond donors (Lipinski definition) is 1. The van der Waals surface area contributed by atoms with Crippen molar-refractivity contribution in [2.24, 2.45) is 22.2 Å². The highest BCUT2D eigenvalue weighted by atomic mass is 32.1. The molecule has 1 heterocycles. The third-order valence-electron chi connectivity index (χ3n) is 6.73. The van der Waals surface area contributed by atoms with E-state index in [-0.39, 0.29) is 0 Å². The molecule has 0 spiro atoms. The highest BCUT2D eigenvalue weighted by Crippen LogP contribution is 2.72. The predicted molar refractivity (Wildman–Crippen MR) is 90.7 cm³/mol. The molecular formula is C19H29NS. The van der Waals surface area contributed by atoms with Gasteiger partial charge >= 0.3 is 0 Å². The Morgan fingerprint density at radius 3 is 2.29 bits per heavy atom. The fourth-order valence-electron chi connectivity index (χ4n) is 7.25. The van der Waals surface area contributed by atoms with Crippen LogP contribution in [0.2, 0.25) is 0 Å². The first-order valence-electron chi connectivity index (χ1n) is 8.58. The van der Waals surface area contributed by atoms with Gasteiger partial charge in [-0.15, -0.1) is 11.3 Å². The number of nitrogens with one attached hydrogen (secondary N) is 1. The van der Waals surface area contributed by atoms with Crippen molar-refractivity contribution in [1.29, 1.82) is 0 Å². The first-order chi connectivity index (χ1) is 9.87. The van der Waals surface area contributed by atoms with Gasteiger partial charge in [-0.3, -0.25) is 0 Å². The minimum absolute atomic E-state index is 0.507. The molecule has 0 radical (unpaired) electrons. The Hall–Kier alpha value is -0.340. The van der Waals surface area contributed by atoms with Crippen LogP contribution in [-0.2, 0) is 0 Å². The molecule has 4 saturated carbocycles. The van der Waals surface area contributed by atoms with Crippen molar-refractivity contribution in [3.05, 3.63) is 21.9 Å². The molecule has 1 aromatic heterocycles. The molecule has 0 aromatic carbocycles. The number of hydrogen-bond acceptors (Lipinski definition) is 2. The van der Waals surface area contributed by atoms with Crippen molar-refractivity contribution in [3.63, 3.8) is 0 Å². The summed E-state index contributed by atoms with van der Waals surface area (Å²) < 4.78 is 0. The summed E-state index contributed by atoms with van der Waals surface area (Å²) in [6, 6.07) is 2.87. The quantitative estimate of drug-likeness (QED) is 0.797. The SMILES string of the molecule is CNC(c1sccc1C)C12CC3CC(C)(CC(C)(C3)C1)C2. The van der Waals surface area contributed by atoms with Crippen LogP contribution in [0.1, 0.15) is 68.9 Å². The van der Waals surface area contributed by atoms with Crippen molar-refractivity contribution in [2.75, 3.05) is 7.05 Å². The summed E-state index contributed by atoms with van der Waals surface area (Å²) in [4.78, 5) is 1.60. The Bertz CT molecular complexity index is 542. The van der Waals surface area contributed by atoms with Gasteiger partial charge in [-0.1, -0.05) is 13.8 Å². The molecule has 4 aliphatic carbocycles. The monoisotopic (exact) mass is 303 g/mol. The molecule has 4 bridgehead atoms. The zero-order chi connectivity index (χ0) is 14.9. The average Bonchev–Trinajstić information content (AvgIpc) is 2.71. The summed E-state index contributed by atoms with van der Waals surface area (Å²) in [7, 11) is 2.19. The van der Waals surface area contributed by atoms with Gasteiger partial charge < -0.3 is 5.32 Å². The molecule has 4 aliphatic rings. The average molecular weight is 304 g/mol. The summed E-state index contributed by atoms with van der Waals surface area (Å²) in [6.45, 7) is 7.46.